The van der Waals surface area contributed by atoms with Gasteiger partial charge in [-0.25, -0.2) is 15.0 Å². The molecule has 6 aromatic heterocycles. The van der Waals surface area contributed by atoms with Crippen LogP contribution in [0.15, 0.2) is 189 Å². The summed E-state index contributed by atoms with van der Waals surface area (Å²) in [6.07, 6.45) is 0. The molecule has 0 spiro atoms. The average Bonchev–Trinajstić information content (AvgIpc) is 2.22. The molecule has 0 saturated carbocycles. The summed E-state index contributed by atoms with van der Waals surface area (Å²) in [4.78, 5) is 37.9. The number of fused-ring (bicyclic) bond motifs is 3. The molecule has 17 nitrogen and oxygen atoms in total. The first-order chi connectivity index (χ1) is 43.7. The van der Waals surface area contributed by atoms with Gasteiger partial charge in [0.05, 0.1) is 47.3 Å². The van der Waals surface area contributed by atoms with Crippen molar-refractivity contribution in [3.63, 3.8) is 0 Å². The molecule has 15 aromatic rings. The molecule has 0 radical (unpaired) electrons. The lowest BCUT2D eigenvalue weighted by Gasteiger charge is -2.09. The van der Waals surface area contributed by atoms with Crippen LogP contribution in [0.1, 0.15) is 44.5 Å². The second kappa shape index (κ2) is 24.3. The lowest BCUT2D eigenvalue weighted by molar-refractivity contribution is 0.408. The summed E-state index contributed by atoms with van der Waals surface area (Å²) < 4.78 is 27.3. The van der Waals surface area contributed by atoms with E-state index >= 15 is 0 Å². The van der Waals surface area contributed by atoms with Crippen molar-refractivity contribution in [2.24, 2.45) is 0 Å². The Morgan fingerprint density at radius 2 is 0.622 bits per heavy atom. The van der Waals surface area contributed by atoms with Crippen molar-refractivity contribution in [3.05, 3.63) is 220 Å². The minimum absolute atomic E-state index is 0.479. The first-order valence-electron chi connectivity index (χ1n) is 29.3. The number of nitrogens with one attached hydrogen (secondary N) is 3. The van der Waals surface area contributed by atoms with Gasteiger partial charge < -0.3 is 38.0 Å². The lowest BCUT2D eigenvalue weighted by Crippen LogP contribution is -1.92. The third kappa shape index (κ3) is 12.1. The standard InChI is InChI=1S/C25H22N4O2.C24H20N4O2.C24H20N4O/c1-14-5-10-20-21(11-14)27-23(26-20)17-6-8-18(9-7-17)24-28-25(31-29-24)19-12-15(2)22(30-4)16(3)13-19;1-14-4-10-19-20(12-14)26-22(25-19)16-5-7-17(8-6-16)23-27-24(30-28-23)18-9-11-21(29-3)15(2)13-18;1-14-4-9-20-21(13-14)26-22(25-20)17-5-7-18(8-6-17)23-27-24(29-28-23)19-11-15(2)10-16(3)12-19/h5-13H,1-4H3,(H,26,27);4-13H,1-3H3,(H,25,26);4-13H,1-3H3,(H,25,26). The molecule has 0 unspecified atom stereocenters. The average molecular weight is 1190 g/mol. The van der Waals surface area contributed by atoms with Crippen molar-refractivity contribution in [2.45, 2.75) is 55.4 Å². The number of aryl methyl sites for hydroxylation is 8. The van der Waals surface area contributed by atoms with Crippen LogP contribution in [0.2, 0.25) is 0 Å². The molecular weight excluding hydrogens is 1120 g/mol. The van der Waals surface area contributed by atoms with Crippen LogP contribution in [-0.2, 0) is 0 Å². The number of methoxy groups -OCH3 is 2. The number of imidazole rings is 3. The van der Waals surface area contributed by atoms with E-state index in [2.05, 4.69) is 150 Å². The van der Waals surface area contributed by atoms with Gasteiger partial charge in [0, 0.05) is 50.1 Å². The highest BCUT2D eigenvalue weighted by Crippen LogP contribution is 2.34. The predicted octanol–water partition coefficient (Wildman–Crippen LogP) is 17.3. The zero-order valence-corrected chi connectivity index (χ0v) is 51.3. The zero-order valence-electron chi connectivity index (χ0n) is 51.3. The SMILES string of the molecule is COc1c(C)cc(-c2nc(-c3ccc(-c4nc5ccc(C)cc5[nH]4)cc3)no2)cc1C.COc1ccc(-c2nc(-c3ccc(-c4nc5ccc(C)cc5[nH]4)cc3)no2)cc1C.Cc1cc(C)cc(-c2nc(-c3ccc(-c4nc5ccc(C)cc5[nH]4)cc3)no2)c1. The summed E-state index contributed by atoms with van der Waals surface area (Å²) in [5, 5.41) is 12.5. The van der Waals surface area contributed by atoms with Gasteiger partial charge in [-0.15, -0.1) is 0 Å². The van der Waals surface area contributed by atoms with Gasteiger partial charge >= 0.3 is 0 Å². The monoisotopic (exact) mass is 1190 g/mol. The number of rotatable bonds is 11. The number of benzene rings is 9. The predicted molar refractivity (Wildman–Crippen MR) is 352 cm³/mol. The van der Waals surface area contributed by atoms with Crippen LogP contribution in [-0.4, -0.2) is 74.5 Å². The second-order valence-electron chi connectivity index (χ2n) is 22.5. The molecule has 0 aliphatic carbocycles. The van der Waals surface area contributed by atoms with E-state index in [4.69, 9.17) is 23.0 Å². The molecular formula is C73H62N12O5. The number of ether oxygens (including phenoxy) is 2. The van der Waals surface area contributed by atoms with Crippen LogP contribution < -0.4 is 9.47 Å². The fraction of sp³-hybridized carbons (Fsp3) is 0.137. The van der Waals surface area contributed by atoms with Gasteiger partial charge in [0.1, 0.15) is 29.0 Å². The van der Waals surface area contributed by atoms with Gasteiger partial charge in [-0.1, -0.05) is 124 Å². The molecule has 0 fully saturated rings. The lowest BCUT2D eigenvalue weighted by atomic mass is 10.1. The topological polar surface area (TPSA) is 221 Å². The Morgan fingerprint density at radius 1 is 0.289 bits per heavy atom. The maximum Gasteiger partial charge on any atom is 0.258 e. The first kappa shape index (κ1) is 57.5. The van der Waals surface area contributed by atoms with Crippen molar-refractivity contribution in [1.82, 2.24) is 60.3 Å². The van der Waals surface area contributed by atoms with E-state index in [0.29, 0.717) is 35.1 Å². The largest absolute Gasteiger partial charge is 0.496 e. The highest BCUT2D eigenvalue weighted by atomic mass is 16.5. The normalized spacial score (nSPS) is 11.2. The van der Waals surface area contributed by atoms with Crippen LogP contribution in [0.4, 0.5) is 0 Å². The van der Waals surface area contributed by atoms with E-state index in [0.717, 1.165) is 129 Å². The molecule has 3 N–H and O–H groups in total. The number of nitrogens with zero attached hydrogens (tertiary/aromatic N) is 9. The smallest absolute Gasteiger partial charge is 0.258 e. The molecule has 0 aliphatic heterocycles. The molecule has 0 bridgehead atoms. The van der Waals surface area contributed by atoms with Crippen molar-refractivity contribution >= 4 is 33.1 Å². The molecule has 0 aliphatic rings. The molecule has 0 atom stereocenters. The Kier molecular flexibility index (Phi) is 15.5. The molecule has 9 aromatic carbocycles. The Labute approximate surface area is 518 Å². The summed E-state index contributed by atoms with van der Waals surface area (Å²) in [6.45, 7) is 16.3. The van der Waals surface area contributed by atoms with Gasteiger partial charge in [0.25, 0.3) is 17.7 Å². The van der Waals surface area contributed by atoms with E-state index in [9.17, 15) is 0 Å². The van der Waals surface area contributed by atoms with E-state index < -0.39 is 0 Å². The molecule has 0 amide bonds. The summed E-state index contributed by atoms with van der Waals surface area (Å²) in [6, 6.07) is 58.6. The number of H-pyrrole nitrogens is 3. The van der Waals surface area contributed by atoms with Crippen molar-refractivity contribution < 1.29 is 23.0 Å². The summed E-state index contributed by atoms with van der Waals surface area (Å²) in [5.41, 5.74) is 23.4. The minimum atomic E-state index is 0.479. The fourth-order valence-corrected chi connectivity index (χ4v) is 11.0. The highest BCUT2D eigenvalue weighted by Gasteiger charge is 2.18. The molecule has 15 rings (SSSR count). The van der Waals surface area contributed by atoms with Crippen molar-refractivity contribution in [2.75, 3.05) is 14.2 Å². The Balaban J connectivity index is 0.000000124. The number of aromatic nitrogens is 12. The summed E-state index contributed by atoms with van der Waals surface area (Å²) >= 11 is 0. The number of hydrogen-bond donors (Lipinski definition) is 3. The third-order valence-electron chi connectivity index (χ3n) is 15.5. The van der Waals surface area contributed by atoms with Gasteiger partial charge in [0.2, 0.25) is 17.5 Å². The first-order valence-corrected chi connectivity index (χ1v) is 29.3. The number of aromatic amines is 3. The summed E-state index contributed by atoms with van der Waals surface area (Å²) in [7, 11) is 3.33. The van der Waals surface area contributed by atoms with E-state index in [1.54, 1.807) is 14.2 Å². The van der Waals surface area contributed by atoms with Gasteiger partial charge in [0.15, 0.2) is 0 Å². The van der Waals surface area contributed by atoms with Gasteiger partial charge in [-0.2, -0.15) is 15.0 Å². The van der Waals surface area contributed by atoms with E-state index in [-0.39, 0.29) is 0 Å². The molecule has 0 saturated heterocycles. The van der Waals surface area contributed by atoms with Gasteiger partial charge in [-0.05, 0) is 168 Å². The quantitative estimate of drug-likeness (QED) is 0.110. The Hall–Kier alpha value is -11.6. The van der Waals surface area contributed by atoms with Crippen LogP contribution in [0.3, 0.4) is 0 Å². The minimum Gasteiger partial charge on any atom is -0.496 e. The molecule has 17 heteroatoms. The van der Waals surface area contributed by atoms with E-state index in [1.807, 2.05) is 142 Å². The molecule has 444 valence electrons. The molecule has 6 heterocycles. The van der Waals surface area contributed by atoms with E-state index in [1.165, 1.54) is 27.8 Å². The second-order valence-corrected chi connectivity index (χ2v) is 22.5. The van der Waals surface area contributed by atoms with Crippen molar-refractivity contribution in [3.8, 4) is 114 Å². The molecule has 90 heavy (non-hydrogen) atoms. The maximum atomic E-state index is 5.53. The fourth-order valence-electron chi connectivity index (χ4n) is 11.0. The van der Waals surface area contributed by atoms with Gasteiger partial charge in [-0.3, -0.25) is 0 Å². The van der Waals surface area contributed by atoms with Crippen molar-refractivity contribution in [1.29, 1.82) is 0 Å². The highest BCUT2D eigenvalue weighted by molar-refractivity contribution is 5.83. The number of hydrogen-bond acceptors (Lipinski definition) is 14. The van der Waals surface area contributed by atoms with Crippen LogP contribution >= 0.6 is 0 Å². The summed E-state index contributed by atoms with van der Waals surface area (Å²) in [5.74, 6) is 7.39. The third-order valence-corrected chi connectivity index (χ3v) is 15.5. The Bertz CT molecular complexity index is 5040. The Morgan fingerprint density at radius 3 is 0.978 bits per heavy atom. The zero-order chi connectivity index (χ0) is 62.2. The van der Waals surface area contributed by atoms with Crippen LogP contribution in [0.25, 0.3) is 136 Å². The van der Waals surface area contributed by atoms with Crippen LogP contribution in [0.5, 0.6) is 11.5 Å². The van der Waals surface area contributed by atoms with Crippen LogP contribution in [0, 0.1) is 55.4 Å². The maximum absolute atomic E-state index is 5.53.